The standard InChI is InChI=1S/C13H19F2O5PS/c1-5-10-11(14)6-7-12(15)13(10)22(17,18)19-8-21(4,16)20-9(2)3/h6-7,9H,5,8H2,1-4H3. The van der Waals surface area contributed by atoms with Crippen LogP contribution in [0.4, 0.5) is 8.78 Å². The van der Waals surface area contributed by atoms with Gasteiger partial charge in [-0.1, -0.05) is 6.92 Å². The van der Waals surface area contributed by atoms with Crippen LogP contribution in [0.15, 0.2) is 17.0 Å². The summed E-state index contributed by atoms with van der Waals surface area (Å²) in [4.78, 5) is -0.862. The second-order valence-electron chi connectivity index (χ2n) is 5.06. The van der Waals surface area contributed by atoms with E-state index >= 15 is 0 Å². The molecule has 1 rings (SSSR count). The molecule has 0 N–H and O–H groups in total. The van der Waals surface area contributed by atoms with Crippen molar-refractivity contribution < 1.29 is 30.5 Å². The first-order chi connectivity index (χ1) is 10.00. The highest BCUT2D eigenvalue weighted by atomic mass is 32.2. The largest absolute Gasteiger partial charge is 0.324 e. The van der Waals surface area contributed by atoms with Crippen molar-refractivity contribution in [3.8, 4) is 0 Å². The zero-order valence-electron chi connectivity index (χ0n) is 12.8. The van der Waals surface area contributed by atoms with Crippen molar-refractivity contribution in [3.05, 3.63) is 29.3 Å². The van der Waals surface area contributed by atoms with Crippen molar-refractivity contribution in [2.45, 2.75) is 38.2 Å². The van der Waals surface area contributed by atoms with Gasteiger partial charge in [-0.25, -0.2) is 8.78 Å². The Hall–Kier alpha value is -0.820. The molecule has 0 amide bonds. The summed E-state index contributed by atoms with van der Waals surface area (Å²) in [5.41, 5.74) is -0.310. The quantitative estimate of drug-likeness (QED) is 0.552. The Labute approximate surface area is 129 Å². The highest BCUT2D eigenvalue weighted by molar-refractivity contribution is 7.87. The van der Waals surface area contributed by atoms with Gasteiger partial charge in [0, 0.05) is 12.2 Å². The topological polar surface area (TPSA) is 69.7 Å². The van der Waals surface area contributed by atoms with Crippen LogP contribution in [-0.2, 0) is 29.8 Å². The maximum atomic E-state index is 13.8. The number of benzene rings is 1. The molecule has 0 heterocycles. The zero-order valence-corrected chi connectivity index (χ0v) is 14.5. The minimum absolute atomic E-state index is 0.0339. The van der Waals surface area contributed by atoms with Crippen molar-refractivity contribution in [1.82, 2.24) is 0 Å². The smallest absolute Gasteiger partial charge is 0.300 e. The van der Waals surface area contributed by atoms with E-state index in [1.165, 1.54) is 13.6 Å². The molecule has 0 saturated heterocycles. The summed E-state index contributed by atoms with van der Waals surface area (Å²) in [6.07, 6.45) is -1.17. The third-order valence-electron chi connectivity index (χ3n) is 2.63. The van der Waals surface area contributed by atoms with Gasteiger partial charge in [0.05, 0.1) is 6.10 Å². The summed E-state index contributed by atoms with van der Waals surface area (Å²) in [7, 11) is -7.93. The molecule has 9 heteroatoms. The molecule has 0 aromatic heterocycles. The lowest BCUT2D eigenvalue weighted by Crippen LogP contribution is -2.14. The van der Waals surface area contributed by atoms with Crippen LogP contribution in [-0.4, -0.2) is 27.5 Å². The Morgan fingerprint density at radius 2 is 1.77 bits per heavy atom. The van der Waals surface area contributed by atoms with Crippen LogP contribution in [0.5, 0.6) is 0 Å². The fourth-order valence-electron chi connectivity index (χ4n) is 1.88. The fourth-order valence-corrected chi connectivity index (χ4v) is 5.12. The van der Waals surface area contributed by atoms with Gasteiger partial charge in [-0.05, 0) is 32.4 Å². The van der Waals surface area contributed by atoms with Crippen LogP contribution in [0.2, 0.25) is 0 Å². The summed E-state index contributed by atoms with van der Waals surface area (Å²) >= 11 is 0. The lowest BCUT2D eigenvalue weighted by atomic mass is 10.1. The van der Waals surface area contributed by atoms with Gasteiger partial charge in [0.1, 0.15) is 22.9 Å². The fraction of sp³-hybridized carbons (Fsp3) is 0.538. The van der Waals surface area contributed by atoms with Crippen molar-refractivity contribution in [2.75, 3.05) is 13.0 Å². The van der Waals surface area contributed by atoms with E-state index in [2.05, 4.69) is 4.18 Å². The molecule has 1 unspecified atom stereocenters. The molecule has 0 fully saturated rings. The molecule has 0 aliphatic carbocycles. The number of rotatable bonds is 7. The van der Waals surface area contributed by atoms with E-state index in [9.17, 15) is 21.8 Å². The average molecular weight is 356 g/mol. The second-order valence-corrected chi connectivity index (χ2v) is 9.11. The van der Waals surface area contributed by atoms with Gasteiger partial charge in [0.25, 0.3) is 0 Å². The predicted molar refractivity (Wildman–Crippen MR) is 78.6 cm³/mol. The average Bonchev–Trinajstić information content (AvgIpc) is 2.37. The first-order valence-corrected chi connectivity index (χ1v) is 10.3. The maximum Gasteiger partial charge on any atom is 0.300 e. The zero-order chi connectivity index (χ0) is 17.1. The lowest BCUT2D eigenvalue weighted by Gasteiger charge is -2.17. The van der Waals surface area contributed by atoms with Gasteiger partial charge in [-0.3, -0.25) is 8.75 Å². The van der Waals surface area contributed by atoms with E-state index in [0.29, 0.717) is 6.07 Å². The van der Waals surface area contributed by atoms with Crippen LogP contribution in [0.3, 0.4) is 0 Å². The molecular formula is C13H19F2O5PS. The van der Waals surface area contributed by atoms with E-state index < -0.39 is 40.4 Å². The molecule has 5 nitrogen and oxygen atoms in total. The van der Waals surface area contributed by atoms with Gasteiger partial charge < -0.3 is 4.52 Å². The molecule has 0 bridgehead atoms. The molecule has 1 aromatic rings. The highest BCUT2D eigenvalue weighted by Crippen LogP contribution is 2.44. The van der Waals surface area contributed by atoms with E-state index in [4.69, 9.17) is 4.52 Å². The third kappa shape index (κ3) is 4.84. The first kappa shape index (κ1) is 19.2. The van der Waals surface area contributed by atoms with Crippen LogP contribution in [0, 0.1) is 11.6 Å². The second kappa shape index (κ2) is 7.17. The Balaban J connectivity index is 3.12. The Kier molecular flexibility index (Phi) is 6.27. The number of halogens is 2. The van der Waals surface area contributed by atoms with E-state index in [1.807, 2.05) is 0 Å². The van der Waals surface area contributed by atoms with Crippen molar-refractivity contribution >= 4 is 17.5 Å². The SMILES string of the molecule is CCc1c(F)ccc(F)c1S(=O)(=O)OCP(C)(=O)OC(C)C. The molecule has 0 radical (unpaired) electrons. The summed E-state index contributed by atoms with van der Waals surface area (Å²) in [5, 5.41) is 0. The Morgan fingerprint density at radius 3 is 2.27 bits per heavy atom. The van der Waals surface area contributed by atoms with Crippen LogP contribution >= 0.6 is 7.37 Å². The predicted octanol–water partition coefficient (Wildman–Crippen LogP) is 3.52. The monoisotopic (exact) mass is 356 g/mol. The third-order valence-corrected chi connectivity index (χ3v) is 5.64. The molecule has 0 saturated carbocycles. The van der Waals surface area contributed by atoms with Gasteiger partial charge in [-0.2, -0.15) is 8.42 Å². The van der Waals surface area contributed by atoms with E-state index in [1.54, 1.807) is 13.8 Å². The number of hydrogen-bond donors (Lipinski definition) is 0. The van der Waals surface area contributed by atoms with Gasteiger partial charge in [-0.15, -0.1) is 0 Å². The number of hydrogen-bond acceptors (Lipinski definition) is 5. The highest BCUT2D eigenvalue weighted by Gasteiger charge is 2.29. The first-order valence-electron chi connectivity index (χ1n) is 6.61. The summed E-state index contributed by atoms with van der Waals surface area (Å²) in [6, 6.07) is 1.56. The molecule has 126 valence electrons. The Morgan fingerprint density at radius 1 is 1.23 bits per heavy atom. The molecular weight excluding hydrogens is 337 g/mol. The minimum atomic E-state index is -4.59. The normalized spacial score (nSPS) is 15.0. The van der Waals surface area contributed by atoms with Crippen LogP contribution in [0.25, 0.3) is 0 Å². The summed E-state index contributed by atoms with van der Waals surface area (Å²) in [6.45, 7) is 5.97. The molecule has 22 heavy (non-hydrogen) atoms. The van der Waals surface area contributed by atoms with Crippen molar-refractivity contribution in [2.24, 2.45) is 0 Å². The van der Waals surface area contributed by atoms with Gasteiger partial charge in [0.15, 0.2) is 0 Å². The van der Waals surface area contributed by atoms with Crippen LogP contribution in [0.1, 0.15) is 26.3 Å². The van der Waals surface area contributed by atoms with Gasteiger partial charge in [0.2, 0.25) is 7.37 Å². The minimum Gasteiger partial charge on any atom is -0.324 e. The lowest BCUT2D eigenvalue weighted by molar-refractivity contribution is 0.230. The molecule has 0 aliphatic rings. The molecule has 0 spiro atoms. The molecule has 1 atom stereocenters. The van der Waals surface area contributed by atoms with E-state index in [0.717, 1.165) is 6.07 Å². The molecule has 0 aliphatic heterocycles. The Bertz CT molecular complexity index is 688. The van der Waals surface area contributed by atoms with Gasteiger partial charge >= 0.3 is 10.1 Å². The molecule has 1 aromatic carbocycles. The van der Waals surface area contributed by atoms with Crippen LogP contribution < -0.4 is 0 Å². The van der Waals surface area contributed by atoms with Crippen molar-refractivity contribution in [1.29, 1.82) is 0 Å². The summed E-state index contributed by atoms with van der Waals surface area (Å²) in [5.74, 6) is -1.96. The van der Waals surface area contributed by atoms with E-state index in [-0.39, 0.29) is 18.1 Å². The van der Waals surface area contributed by atoms with Crippen molar-refractivity contribution in [3.63, 3.8) is 0 Å². The maximum absolute atomic E-state index is 13.8. The summed E-state index contributed by atoms with van der Waals surface area (Å²) < 4.78 is 73.4.